The van der Waals surface area contributed by atoms with E-state index in [9.17, 15) is 15.0 Å². The van der Waals surface area contributed by atoms with Crippen LogP contribution in [0.3, 0.4) is 0 Å². The van der Waals surface area contributed by atoms with E-state index in [1.54, 1.807) is 6.20 Å². The van der Waals surface area contributed by atoms with Gasteiger partial charge in [-0.05, 0) is 44.9 Å². The lowest BCUT2D eigenvalue weighted by molar-refractivity contribution is 0.00768. The van der Waals surface area contributed by atoms with Crippen LogP contribution in [0.1, 0.15) is 32.0 Å². The van der Waals surface area contributed by atoms with Gasteiger partial charge < -0.3 is 15.5 Å². The Morgan fingerprint density at radius 1 is 1.15 bits per heavy atom. The van der Waals surface area contributed by atoms with E-state index in [2.05, 4.69) is 10.3 Å². The number of aromatic nitrogens is 1. The number of nitrogens with one attached hydrogen (secondary N) is 1. The number of hydrogen-bond acceptors (Lipinski definition) is 4. The van der Waals surface area contributed by atoms with Gasteiger partial charge in [-0.3, -0.25) is 9.88 Å². The number of carbonyl (C=O) groups is 1. The predicted molar refractivity (Wildman–Crippen MR) is 106 cm³/mol. The van der Waals surface area contributed by atoms with E-state index in [4.69, 9.17) is 0 Å². The van der Waals surface area contributed by atoms with Crippen LogP contribution >= 0.6 is 0 Å². The quantitative estimate of drug-likeness (QED) is 0.664. The van der Waals surface area contributed by atoms with E-state index in [0.717, 1.165) is 11.3 Å². The van der Waals surface area contributed by atoms with Crippen LogP contribution in [0, 0.1) is 0 Å². The number of nitrogens with zero attached hydrogens (tertiary/aromatic N) is 2. The van der Waals surface area contributed by atoms with Gasteiger partial charge in [-0.15, -0.1) is 0 Å². The van der Waals surface area contributed by atoms with Gasteiger partial charge in [0.2, 0.25) is 0 Å². The largest absolute Gasteiger partial charge is 0.465 e. The number of pyridine rings is 1. The molecular formula is C21H29N3O3. The Balaban J connectivity index is 2.13. The molecule has 2 aromatic rings. The number of carboxylic acid groups (broad SMARTS) is 1. The molecule has 0 bridgehead atoms. The summed E-state index contributed by atoms with van der Waals surface area (Å²) in [6, 6.07) is 14.7. The fourth-order valence-corrected chi connectivity index (χ4v) is 3.17. The van der Waals surface area contributed by atoms with Crippen molar-refractivity contribution < 1.29 is 15.0 Å². The maximum atomic E-state index is 12.0. The Morgan fingerprint density at radius 3 is 2.37 bits per heavy atom. The van der Waals surface area contributed by atoms with Crippen LogP contribution in [0.4, 0.5) is 4.79 Å². The molecule has 1 aromatic heterocycles. The van der Waals surface area contributed by atoms with E-state index in [0.29, 0.717) is 13.0 Å². The third-order valence-electron chi connectivity index (χ3n) is 4.38. The van der Waals surface area contributed by atoms with Crippen molar-refractivity contribution in [2.24, 2.45) is 0 Å². The summed E-state index contributed by atoms with van der Waals surface area (Å²) in [5, 5.41) is 23.8. The summed E-state index contributed by atoms with van der Waals surface area (Å²) in [6.07, 6.45) is 0.269. The maximum absolute atomic E-state index is 12.0. The molecular weight excluding hydrogens is 342 g/mol. The minimum atomic E-state index is -1.03. The first kappa shape index (κ1) is 20.9. The van der Waals surface area contributed by atoms with Gasteiger partial charge in [0.05, 0.1) is 17.8 Å². The molecule has 0 aliphatic carbocycles. The normalized spacial score (nSPS) is 13.8. The molecule has 27 heavy (non-hydrogen) atoms. The first-order valence-electron chi connectivity index (χ1n) is 9.14. The van der Waals surface area contributed by atoms with Crippen molar-refractivity contribution in [1.29, 1.82) is 0 Å². The van der Waals surface area contributed by atoms with Gasteiger partial charge in [0, 0.05) is 24.8 Å². The number of rotatable bonds is 8. The Hall–Kier alpha value is -2.44. The van der Waals surface area contributed by atoms with Gasteiger partial charge in [0.1, 0.15) is 0 Å². The SMILES string of the molecule is CC(C)(C)N(C(=O)O)[C@@H](Cc1ccccc1)[C@H](O)CNCc1ccccn1. The minimum absolute atomic E-state index is 0.272. The molecule has 6 nitrogen and oxygen atoms in total. The van der Waals surface area contributed by atoms with Crippen LogP contribution in [-0.4, -0.2) is 50.4 Å². The topological polar surface area (TPSA) is 85.7 Å². The third kappa shape index (κ3) is 6.34. The molecule has 0 radical (unpaired) electrons. The lowest BCUT2D eigenvalue weighted by atomic mass is 9.94. The molecule has 1 amide bonds. The molecule has 2 rings (SSSR count). The highest BCUT2D eigenvalue weighted by Gasteiger charge is 2.37. The van der Waals surface area contributed by atoms with E-state index in [1.807, 2.05) is 69.3 Å². The van der Waals surface area contributed by atoms with Crippen molar-refractivity contribution in [3.8, 4) is 0 Å². The van der Waals surface area contributed by atoms with Crippen LogP contribution in [0.15, 0.2) is 54.7 Å². The second kappa shape index (κ2) is 9.48. The molecule has 0 spiro atoms. The van der Waals surface area contributed by atoms with Gasteiger partial charge in [0.25, 0.3) is 0 Å². The predicted octanol–water partition coefficient (Wildman–Crippen LogP) is 2.92. The van der Waals surface area contributed by atoms with Crippen LogP contribution in [-0.2, 0) is 13.0 Å². The highest BCUT2D eigenvalue weighted by atomic mass is 16.4. The number of aliphatic hydroxyl groups excluding tert-OH is 1. The summed E-state index contributed by atoms with van der Waals surface area (Å²) < 4.78 is 0. The second-order valence-electron chi connectivity index (χ2n) is 7.60. The molecule has 146 valence electrons. The zero-order valence-corrected chi connectivity index (χ0v) is 16.2. The Labute approximate surface area is 160 Å². The van der Waals surface area contributed by atoms with Crippen LogP contribution < -0.4 is 5.32 Å². The van der Waals surface area contributed by atoms with Gasteiger partial charge in [0.15, 0.2) is 0 Å². The van der Waals surface area contributed by atoms with Crippen molar-refractivity contribution in [2.45, 2.75) is 51.4 Å². The third-order valence-corrected chi connectivity index (χ3v) is 4.38. The summed E-state index contributed by atoms with van der Waals surface area (Å²) >= 11 is 0. The number of aliphatic hydroxyl groups is 1. The van der Waals surface area contributed by atoms with E-state index < -0.39 is 23.8 Å². The fourth-order valence-electron chi connectivity index (χ4n) is 3.17. The molecule has 0 aliphatic rings. The van der Waals surface area contributed by atoms with Gasteiger partial charge in [-0.2, -0.15) is 0 Å². The zero-order valence-electron chi connectivity index (χ0n) is 16.2. The molecule has 3 N–H and O–H groups in total. The van der Waals surface area contributed by atoms with Gasteiger partial charge in [-0.1, -0.05) is 36.4 Å². The van der Waals surface area contributed by atoms with Crippen LogP contribution in [0.5, 0.6) is 0 Å². The summed E-state index contributed by atoms with van der Waals surface area (Å²) in [4.78, 5) is 17.6. The Kier molecular flexibility index (Phi) is 7.33. The smallest absolute Gasteiger partial charge is 0.408 e. The summed E-state index contributed by atoms with van der Waals surface area (Å²) in [7, 11) is 0. The standard InChI is InChI=1S/C21H29N3O3/c1-21(2,3)24(20(26)27)18(13-16-9-5-4-6-10-16)19(25)15-22-14-17-11-7-8-12-23-17/h4-12,18-19,22,25H,13-15H2,1-3H3,(H,26,27)/t18-,19+/m0/s1. The molecule has 0 aliphatic heterocycles. The molecule has 1 aromatic carbocycles. The van der Waals surface area contributed by atoms with Crippen molar-refractivity contribution in [2.75, 3.05) is 6.54 Å². The van der Waals surface area contributed by atoms with Gasteiger partial charge >= 0.3 is 6.09 Å². The molecule has 6 heteroatoms. The first-order chi connectivity index (χ1) is 12.8. The Bertz CT molecular complexity index is 702. The molecule has 1 heterocycles. The molecule has 0 unspecified atom stereocenters. The van der Waals surface area contributed by atoms with Crippen LogP contribution in [0.2, 0.25) is 0 Å². The zero-order chi connectivity index (χ0) is 19.9. The minimum Gasteiger partial charge on any atom is -0.465 e. The molecule has 2 atom stereocenters. The average molecular weight is 371 g/mol. The van der Waals surface area contributed by atoms with E-state index >= 15 is 0 Å². The van der Waals surface area contributed by atoms with Crippen LogP contribution in [0.25, 0.3) is 0 Å². The summed E-state index contributed by atoms with van der Waals surface area (Å²) in [6.45, 7) is 6.31. The highest BCUT2D eigenvalue weighted by molar-refractivity contribution is 5.66. The fraction of sp³-hybridized carbons (Fsp3) is 0.429. The molecule has 0 fully saturated rings. The van der Waals surface area contributed by atoms with Gasteiger partial charge in [-0.25, -0.2) is 4.79 Å². The Morgan fingerprint density at radius 2 is 1.81 bits per heavy atom. The van der Waals surface area contributed by atoms with E-state index in [1.165, 1.54) is 4.90 Å². The summed E-state index contributed by atoms with van der Waals surface area (Å²) in [5.41, 5.74) is 1.23. The van der Waals surface area contributed by atoms with E-state index in [-0.39, 0.29) is 6.54 Å². The summed E-state index contributed by atoms with van der Waals surface area (Å²) in [5.74, 6) is 0. The number of hydrogen-bond donors (Lipinski definition) is 3. The number of amides is 1. The van der Waals surface area contributed by atoms with Crippen molar-refractivity contribution in [3.05, 3.63) is 66.0 Å². The van der Waals surface area contributed by atoms with Crippen molar-refractivity contribution in [1.82, 2.24) is 15.2 Å². The molecule has 0 saturated heterocycles. The lowest BCUT2D eigenvalue weighted by Crippen LogP contribution is -2.58. The molecule has 0 saturated carbocycles. The second-order valence-corrected chi connectivity index (χ2v) is 7.60. The van der Waals surface area contributed by atoms with Crippen molar-refractivity contribution >= 4 is 6.09 Å². The van der Waals surface area contributed by atoms with Crippen molar-refractivity contribution in [3.63, 3.8) is 0 Å². The number of benzene rings is 1. The monoisotopic (exact) mass is 371 g/mol. The first-order valence-corrected chi connectivity index (χ1v) is 9.14. The highest BCUT2D eigenvalue weighted by Crippen LogP contribution is 2.22. The lowest BCUT2D eigenvalue weighted by Gasteiger charge is -2.42. The average Bonchev–Trinajstić information content (AvgIpc) is 2.61. The maximum Gasteiger partial charge on any atom is 0.408 e.